The Bertz CT molecular complexity index is 1040. The second-order valence-electron chi connectivity index (χ2n) is 11.6. The molecule has 0 radical (unpaired) electrons. The zero-order valence-electron chi connectivity index (χ0n) is 22.5. The second-order valence-corrected chi connectivity index (χ2v) is 11.6. The van der Waals surface area contributed by atoms with Crippen molar-refractivity contribution >= 4 is 23.9 Å². The predicted octanol–water partition coefficient (Wildman–Crippen LogP) is 3.06. The zero-order chi connectivity index (χ0) is 27.0. The minimum Gasteiger partial charge on any atom is -0.460 e. The molecule has 9 heteroatoms. The summed E-state index contributed by atoms with van der Waals surface area (Å²) in [5, 5.41) is 3.07. The van der Waals surface area contributed by atoms with E-state index in [1.54, 1.807) is 37.5 Å². The lowest BCUT2D eigenvalue weighted by Gasteiger charge is -2.35. The molecular formula is C28H39N3O6. The van der Waals surface area contributed by atoms with Gasteiger partial charge in [0, 0.05) is 13.1 Å². The highest BCUT2D eigenvalue weighted by atomic mass is 16.6. The van der Waals surface area contributed by atoms with Gasteiger partial charge < -0.3 is 19.7 Å². The number of benzene rings is 1. The molecule has 5 atom stereocenters. The molecule has 3 fully saturated rings. The second kappa shape index (κ2) is 10.3. The van der Waals surface area contributed by atoms with Crippen LogP contribution in [0.2, 0.25) is 0 Å². The van der Waals surface area contributed by atoms with Crippen LogP contribution < -0.4 is 5.32 Å². The minimum atomic E-state index is -0.962. The van der Waals surface area contributed by atoms with Gasteiger partial charge in [-0.2, -0.15) is 0 Å². The number of amides is 3. The summed E-state index contributed by atoms with van der Waals surface area (Å²) in [4.78, 5) is 55.3. The Kier molecular flexibility index (Phi) is 7.53. The first-order valence-corrected chi connectivity index (χ1v) is 13.3. The molecule has 1 N–H and O–H groups in total. The topological polar surface area (TPSA) is 105 Å². The molecule has 9 nitrogen and oxygen atoms in total. The summed E-state index contributed by atoms with van der Waals surface area (Å²) in [7, 11) is 0. The molecule has 0 bridgehead atoms. The third-order valence-electron chi connectivity index (χ3n) is 7.71. The van der Waals surface area contributed by atoms with Gasteiger partial charge in [-0.05, 0) is 65.4 Å². The van der Waals surface area contributed by atoms with Crippen LogP contribution in [0, 0.1) is 5.92 Å². The van der Waals surface area contributed by atoms with Crippen molar-refractivity contribution in [3.63, 3.8) is 0 Å². The summed E-state index contributed by atoms with van der Waals surface area (Å²) in [5.74, 6) is -0.993. The molecule has 37 heavy (non-hydrogen) atoms. The van der Waals surface area contributed by atoms with Gasteiger partial charge >= 0.3 is 12.1 Å². The van der Waals surface area contributed by atoms with E-state index in [-0.39, 0.29) is 23.7 Å². The lowest BCUT2D eigenvalue weighted by molar-refractivity contribution is -0.146. The van der Waals surface area contributed by atoms with Crippen molar-refractivity contribution < 1.29 is 28.7 Å². The van der Waals surface area contributed by atoms with E-state index in [9.17, 15) is 19.2 Å². The van der Waals surface area contributed by atoms with Crippen molar-refractivity contribution in [2.45, 2.75) is 96.1 Å². The van der Waals surface area contributed by atoms with Crippen LogP contribution in [0.3, 0.4) is 0 Å². The summed E-state index contributed by atoms with van der Waals surface area (Å²) >= 11 is 0. The lowest BCUT2D eigenvalue weighted by atomic mass is 9.94. The fourth-order valence-electron chi connectivity index (χ4n) is 5.69. The summed E-state index contributed by atoms with van der Waals surface area (Å²) in [6.45, 7) is 9.78. The predicted molar refractivity (Wildman–Crippen MR) is 136 cm³/mol. The number of carbonyl (C=O) groups is 4. The fraction of sp³-hybridized carbons (Fsp3) is 0.643. The third kappa shape index (κ3) is 5.60. The van der Waals surface area contributed by atoms with Gasteiger partial charge in [-0.15, -0.1) is 0 Å². The number of likely N-dealkylation sites (tertiary alicyclic amines) is 2. The Morgan fingerprint density at radius 3 is 2.49 bits per heavy atom. The maximum Gasteiger partial charge on any atom is 0.411 e. The van der Waals surface area contributed by atoms with E-state index in [0.717, 1.165) is 5.56 Å². The highest BCUT2D eigenvalue weighted by molar-refractivity contribution is 5.96. The van der Waals surface area contributed by atoms with Crippen molar-refractivity contribution in [2.24, 2.45) is 5.92 Å². The smallest absolute Gasteiger partial charge is 0.411 e. The maximum atomic E-state index is 13.7. The number of cyclic esters (lactones) is 1. The third-order valence-corrected chi connectivity index (χ3v) is 7.71. The number of esters is 1. The first-order valence-electron chi connectivity index (χ1n) is 13.3. The monoisotopic (exact) mass is 513 g/mol. The van der Waals surface area contributed by atoms with Crippen molar-refractivity contribution in [3.8, 4) is 0 Å². The van der Waals surface area contributed by atoms with Crippen LogP contribution in [0.15, 0.2) is 30.3 Å². The number of nitrogens with one attached hydrogen (secondary N) is 1. The number of hydrogen-bond donors (Lipinski definition) is 1. The van der Waals surface area contributed by atoms with Gasteiger partial charge in [0.15, 0.2) is 0 Å². The molecule has 3 aliphatic heterocycles. The van der Waals surface area contributed by atoms with E-state index >= 15 is 0 Å². The Hall–Kier alpha value is -3.10. The van der Waals surface area contributed by atoms with E-state index < -0.39 is 35.4 Å². The fourth-order valence-corrected chi connectivity index (χ4v) is 5.69. The molecule has 1 aromatic rings. The van der Waals surface area contributed by atoms with Crippen LogP contribution in [0.5, 0.6) is 0 Å². The van der Waals surface area contributed by atoms with E-state index in [2.05, 4.69) is 5.32 Å². The number of carbonyl (C=O) groups excluding carboxylic acids is 4. The SMILES string of the molecule is C[C@H]1C[C@H]([C@@H](Cc2ccccc2)NC(=O)[C@H](C)N2CC[C@]3(CCCN3C(=O)OC(C)(C)C)C2=O)OC1=O. The molecule has 3 aliphatic rings. The highest BCUT2D eigenvalue weighted by Gasteiger charge is 2.57. The molecule has 3 saturated heterocycles. The normalized spacial score (nSPS) is 27.4. The van der Waals surface area contributed by atoms with Gasteiger partial charge in [0.1, 0.15) is 23.3 Å². The molecule has 0 aromatic heterocycles. The quantitative estimate of drug-likeness (QED) is 0.586. The molecule has 1 spiro atoms. The standard InChI is InChI=1S/C28H39N3O6/c1-18-16-22(36-24(18)33)21(17-20-10-7-6-8-11-20)29-23(32)19(2)30-15-13-28(25(30)34)12-9-14-31(28)26(35)37-27(3,4)5/h6-8,10-11,18-19,21-22H,9,12-17H2,1-5H3,(H,29,32)/t18-,19-,21+,22+,28+/m0/s1. The average Bonchev–Trinajstić information content (AvgIpc) is 3.51. The van der Waals surface area contributed by atoms with Crippen LogP contribution in [0.1, 0.15) is 65.9 Å². The molecule has 1 aromatic carbocycles. The van der Waals surface area contributed by atoms with E-state index in [4.69, 9.17) is 9.47 Å². The van der Waals surface area contributed by atoms with Crippen LogP contribution in [0.4, 0.5) is 4.79 Å². The van der Waals surface area contributed by atoms with Gasteiger partial charge in [0.25, 0.3) is 0 Å². The summed E-state index contributed by atoms with van der Waals surface area (Å²) in [6, 6.07) is 8.59. The van der Waals surface area contributed by atoms with Crippen molar-refractivity contribution in [1.82, 2.24) is 15.1 Å². The Morgan fingerprint density at radius 1 is 1.16 bits per heavy atom. The first kappa shape index (κ1) is 26.9. The van der Waals surface area contributed by atoms with Crippen LogP contribution >= 0.6 is 0 Å². The number of nitrogens with zero attached hydrogens (tertiary/aromatic N) is 2. The Morgan fingerprint density at radius 2 is 1.86 bits per heavy atom. The van der Waals surface area contributed by atoms with Crippen molar-refractivity contribution in [1.29, 1.82) is 0 Å². The molecule has 202 valence electrons. The Balaban J connectivity index is 1.47. The highest BCUT2D eigenvalue weighted by Crippen LogP contribution is 2.40. The van der Waals surface area contributed by atoms with Crippen molar-refractivity contribution in [3.05, 3.63) is 35.9 Å². The van der Waals surface area contributed by atoms with Gasteiger partial charge in [0.2, 0.25) is 11.8 Å². The first-order chi connectivity index (χ1) is 17.4. The van der Waals surface area contributed by atoms with E-state index in [1.807, 2.05) is 37.3 Å². The van der Waals surface area contributed by atoms with Gasteiger partial charge in [0.05, 0.1) is 12.0 Å². The van der Waals surface area contributed by atoms with Gasteiger partial charge in [-0.25, -0.2) is 4.79 Å². The summed E-state index contributed by atoms with van der Waals surface area (Å²) in [5.41, 5.74) is -0.604. The largest absolute Gasteiger partial charge is 0.460 e. The van der Waals surface area contributed by atoms with E-state index in [0.29, 0.717) is 45.2 Å². The number of ether oxygens (including phenoxy) is 2. The molecule has 3 heterocycles. The molecule has 3 amide bonds. The molecule has 4 rings (SSSR count). The lowest BCUT2D eigenvalue weighted by Crippen LogP contribution is -2.57. The molecular weight excluding hydrogens is 474 g/mol. The van der Waals surface area contributed by atoms with Crippen molar-refractivity contribution in [2.75, 3.05) is 13.1 Å². The summed E-state index contributed by atoms with van der Waals surface area (Å²) < 4.78 is 11.2. The summed E-state index contributed by atoms with van der Waals surface area (Å²) in [6.07, 6.45) is 1.85. The average molecular weight is 514 g/mol. The number of hydrogen-bond acceptors (Lipinski definition) is 6. The Labute approximate surface area is 218 Å². The molecule has 0 unspecified atom stereocenters. The van der Waals surface area contributed by atoms with Gasteiger partial charge in [-0.1, -0.05) is 37.3 Å². The maximum absolute atomic E-state index is 13.7. The van der Waals surface area contributed by atoms with Crippen LogP contribution in [0.25, 0.3) is 0 Å². The minimum absolute atomic E-state index is 0.209. The number of rotatable bonds is 6. The molecule has 0 saturated carbocycles. The molecule has 0 aliphatic carbocycles. The van der Waals surface area contributed by atoms with Crippen LogP contribution in [-0.4, -0.2) is 76.1 Å². The van der Waals surface area contributed by atoms with Crippen LogP contribution in [-0.2, 0) is 30.3 Å². The van der Waals surface area contributed by atoms with Gasteiger partial charge in [-0.3, -0.25) is 19.3 Å². The zero-order valence-corrected chi connectivity index (χ0v) is 22.5. The van der Waals surface area contributed by atoms with E-state index in [1.165, 1.54) is 0 Å².